The average molecular weight is 346 g/mol. The van der Waals surface area contributed by atoms with E-state index in [4.69, 9.17) is 9.31 Å². The van der Waals surface area contributed by atoms with Crippen LogP contribution in [0, 0.1) is 23.1 Å². The molecule has 0 radical (unpaired) electrons. The molecule has 25 heavy (non-hydrogen) atoms. The van der Waals surface area contributed by atoms with E-state index in [1.165, 1.54) is 18.2 Å². The number of benzene rings is 1. The fourth-order valence-electron chi connectivity index (χ4n) is 2.19. The summed E-state index contributed by atoms with van der Waals surface area (Å²) in [6, 6.07) is 4.13. The highest BCUT2D eigenvalue weighted by atomic mass is 19.1. The molecular weight excluding hydrogens is 321 g/mol. The highest BCUT2D eigenvalue weighted by Gasteiger charge is 2.53. The quantitative estimate of drug-likeness (QED) is 0.544. The van der Waals surface area contributed by atoms with Crippen LogP contribution in [0.25, 0.3) is 6.08 Å². The predicted molar refractivity (Wildman–Crippen MR) is 97.9 cm³/mol. The maximum absolute atomic E-state index is 14.7. The van der Waals surface area contributed by atoms with Crippen molar-refractivity contribution >= 4 is 13.2 Å². The van der Waals surface area contributed by atoms with Gasteiger partial charge < -0.3 is 9.31 Å². The first-order chi connectivity index (χ1) is 11.3. The zero-order chi connectivity index (χ0) is 19.0. The van der Waals surface area contributed by atoms with Crippen molar-refractivity contribution in [2.24, 2.45) is 5.41 Å². The fraction of sp³-hybridized carbons (Fsp3) is 0.500. The van der Waals surface area contributed by atoms with Crippen molar-refractivity contribution in [1.82, 2.24) is 0 Å². The van der Waals surface area contributed by atoms with Crippen molar-refractivity contribution in [1.29, 1.82) is 0 Å². The van der Waals surface area contributed by atoms with E-state index < -0.39 is 29.9 Å². The topological polar surface area (TPSA) is 18.5 Å². The molecule has 1 aromatic rings. The lowest BCUT2D eigenvalue weighted by Crippen LogP contribution is -2.41. The van der Waals surface area contributed by atoms with Crippen LogP contribution in [0.3, 0.4) is 0 Å². The van der Waals surface area contributed by atoms with E-state index in [9.17, 15) is 8.78 Å². The summed E-state index contributed by atoms with van der Waals surface area (Å²) in [6.45, 7) is 13.3. The molecule has 0 N–H and O–H groups in total. The Morgan fingerprint density at radius 2 is 1.68 bits per heavy atom. The van der Waals surface area contributed by atoms with E-state index in [1.807, 2.05) is 48.5 Å². The number of halogens is 2. The molecule has 2 nitrogen and oxygen atoms in total. The van der Waals surface area contributed by atoms with Crippen LogP contribution in [0.4, 0.5) is 8.78 Å². The van der Waals surface area contributed by atoms with Crippen LogP contribution in [-0.4, -0.2) is 18.3 Å². The molecule has 0 unspecified atom stereocenters. The van der Waals surface area contributed by atoms with Crippen molar-refractivity contribution in [2.75, 3.05) is 0 Å². The van der Waals surface area contributed by atoms with E-state index >= 15 is 0 Å². The predicted octanol–water partition coefficient (Wildman–Crippen LogP) is 5.17. The normalized spacial score (nSPS) is 19.6. The molecule has 0 aliphatic carbocycles. The Labute approximate surface area is 149 Å². The van der Waals surface area contributed by atoms with Gasteiger partial charge >= 0.3 is 7.12 Å². The summed E-state index contributed by atoms with van der Waals surface area (Å²) in [7, 11) is -1.11. The minimum atomic E-state index is -1.11. The van der Waals surface area contributed by atoms with Gasteiger partial charge in [0.1, 0.15) is 11.5 Å². The second-order valence-electron chi connectivity index (χ2n) is 8.35. The molecule has 1 fully saturated rings. The molecule has 0 saturated carbocycles. The second kappa shape index (κ2) is 6.59. The van der Waals surface area contributed by atoms with Crippen LogP contribution in [0.5, 0.6) is 0 Å². The van der Waals surface area contributed by atoms with Gasteiger partial charge in [0.05, 0.1) is 11.2 Å². The van der Waals surface area contributed by atoms with E-state index in [2.05, 4.69) is 11.8 Å². The maximum atomic E-state index is 14.7. The lowest BCUT2D eigenvalue weighted by Gasteiger charge is -2.32. The molecular formula is C20H25BF2O2. The molecule has 1 aromatic carbocycles. The minimum absolute atomic E-state index is 0.209. The van der Waals surface area contributed by atoms with Crippen molar-refractivity contribution in [2.45, 2.75) is 59.7 Å². The van der Waals surface area contributed by atoms with Gasteiger partial charge in [0.15, 0.2) is 0 Å². The van der Waals surface area contributed by atoms with Crippen molar-refractivity contribution < 1.29 is 18.1 Å². The molecule has 1 saturated heterocycles. The van der Waals surface area contributed by atoms with Gasteiger partial charge in [0.25, 0.3) is 0 Å². The SMILES string of the molecule is CC(C)(C)C#Cc1ccc(F)cc1C=C(F)B1OC(C)(C)C(C)(C)O1. The summed E-state index contributed by atoms with van der Waals surface area (Å²) < 4.78 is 39.7. The zero-order valence-corrected chi connectivity index (χ0v) is 16.0. The van der Waals surface area contributed by atoms with Gasteiger partial charge in [-0.25, -0.2) is 8.78 Å². The average Bonchev–Trinajstić information content (AvgIpc) is 2.65. The Morgan fingerprint density at radius 1 is 1.12 bits per heavy atom. The Kier molecular flexibility index (Phi) is 5.19. The maximum Gasteiger partial charge on any atom is 0.525 e. The molecule has 0 spiro atoms. The number of hydrogen-bond donors (Lipinski definition) is 0. The van der Waals surface area contributed by atoms with Gasteiger partial charge in [-0.1, -0.05) is 11.8 Å². The van der Waals surface area contributed by atoms with Crippen LogP contribution in [0.2, 0.25) is 0 Å². The molecule has 1 heterocycles. The van der Waals surface area contributed by atoms with Gasteiger partial charge in [-0.05, 0) is 78.3 Å². The molecule has 0 bridgehead atoms. The van der Waals surface area contributed by atoms with Crippen LogP contribution in [0.15, 0.2) is 23.9 Å². The number of hydrogen-bond acceptors (Lipinski definition) is 2. The first-order valence-electron chi connectivity index (χ1n) is 8.36. The third-order valence-corrected chi connectivity index (χ3v) is 4.36. The van der Waals surface area contributed by atoms with Crippen LogP contribution < -0.4 is 0 Å². The first-order valence-corrected chi connectivity index (χ1v) is 8.36. The molecule has 0 aromatic heterocycles. The third-order valence-electron chi connectivity index (χ3n) is 4.36. The van der Waals surface area contributed by atoms with Crippen molar-refractivity contribution in [3.05, 3.63) is 40.9 Å². The van der Waals surface area contributed by atoms with E-state index in [-0.39, 0.29) is 5.41 Å². The van der Waals surface area contributed by atoms with Crippen molar-refractivity contribution in [3.63, 3.8) is 0 Å². The van der Waals surface area contributed by atoms with Crippen LogP contribution >= 0.6 is 0 Å². The second-order valence-corrected chi connectivity index (χ2v) is 8.35. The smallest absolute Gasteiger partial charge is 0.398 e. The standard InChI is InChI=1S/C20H25BF2O2/c1-18(2,3)11-10-14-8-9-16(22)12-15(14)13-17(23)21-24-19(4,5)20(6,7)25-21/h8-9,12-13H,1-7H3. The van der Waals surface area contributed by atoms with Gasteiger partial charge in [-0.15, -0.1) is 0 Å². The van der Waals surface area contributed by atoms with Crippen LogP contribution in [0.1, 0.15) is 59.6 Å². The zero-order valence-electron chi connectivity index (χ0n) is 16.0. The van der Waals surface area contributed by atoms with E-state index in [1.54, 1.807) is 6.07 Å². The summed E-state index contributed by atoms with van der Waals surface area (Å²) in [4.78, 5) is 0. The summed E-state index contributed by atoms with van der Waals surface area (Å²) in [5, 5.41) is 0. The molecule has 1 aliphatic heterocycles. The molecule has 2 rings (SSSR count). The fourth-order valence-corrected chi connectivity index (χ4v) is 2.19. The highest BCUT2D eigenvalue weighted by Crippen LogP contribution is 2.39. The Morgan fingerprint density at radius 3 is 2.20 bits per heavy atom. The van der Waals surface area contributed by atoms with E-state index in [0.717, 1.165) is 0 Å². The molecule has 0 atom stereocenters. The molecule has 5 heteroatoms. The number of rotatable bonds is 2. The Bertz CT molecular complexity index is 733. The summed E-state index contributed by atoms with van der Waals surface area (Å²) in [6.07, 6.45) is 1.23. The molecule has 1 aliphatic rings. The van der Waals surface area contributed by atoms with E-state index in [0.29, 0.717) is 11.1 Å². The van der Waals surface area contributed by atoms with Gasteiger partial charge in [-0.3, -0.25) is 0 Å². The molecule has 0 amide bonds. The largest absolute Gasteiger partial charge is 0.525 e. The summed E-state index contributed by atoms with van der Waals surface area (Å²) in [5.74, 6) is 5.63. The Hall–Kier alpha value is -1.64. The van der Waals surface area contributed by atoms with Gasteiger partial charge in [-0.2, -0.15) is 0 Å². The molecule has 134 valence electrons. The van der Waals surface area contributed by atoms with Crippen LogP contribution in [-0.2, 0) is 9.31 Å². The lowest BCUT2D eigenvalue weighted by atomic mass is 9.86. The lowest BCUT2D eigenvalue weighted by molar-refractivity contribution is 0.00578. The third kappa shape index (κ3) is 4.71. The Balaban J connectivity index is 2.37. The summed E-state index contributed by atoms with van der Waals surface area (Å²) in [5.41, 5.74) is -1.17. The highest BCUT2D eigenvalue weighted by molar-refractivity contribution is 6.54. The van der Waals surface area contributed by atoms with Gasteiger partial charge in [0.2, 0.25) is 0 Å². The summed E-state index contributed by atoms with van der Waals surface area (Å²) >= 11 is 0. The minimum Gasteiger partial charge on any atom is -0.398 e. The monoisotopic (exact) mass is 346 g/mol. The van der Waals surface area contributed by atoms with Gasteiger partial charge in [0, 0.05) is 11.0 Å². The van der Waals surface area contributed by atoms with Crippen molar-refractivity contribution in [3.8, 4) is 11.8 Å². The first kappa shape index (κ1) is 19.7.